The topological polar surface area (TPSA) is 62.7 Å². The Labute approximate surface area is 150 Å². The molecule has 1 fully saturated rings. The fourth-order valence-electron chi connectivity index (χ4n) is 3.19. The number of hydrogen-bond acceptors (Lipinski definition) is 4. The van der Waals surface area contributed by atoms with Crippen LogP contribution in [0, 0.1) is 0 Å². The van der Waals surface area contributed by atoms with Gasteiger partial charge in [0.25, 0.3) is 0 Å². The first kappa shape index (κ1) is 19.2. The first-order valence-corrected chi connectivity index (χ1v) is 8.97. The summed E-state index contributed by atoms with van der Waals surface area (Å²) in [6.07, 6.45) is 3.90. The van der Waals surface area contributed by atoms with Gasteiger partial charge in [-0.2, -0.15) is 0 Å². The average molecular weight is 347 g/mol. The van der Waals surface area contributed by atoms with E-state index in [1.54, 1.807) is 18.0 Å². The minimum absolute atomic E-state index is 0.0389. The Morgan fingerprint density at radius 2 is 2.12 bits per heavy atom. The zero-order valence-electron chi connectivity index (χ0n) is 15.9. The van der Waals surface area contributed by atoms with Crippen LogP contribution < -0.4 is 4.90 Å². The van der Waals surface area contributed by atoms with Crippen LogP contribution in [-0.4, -0.2) is 40.6 Å². The van der Waals surface area contributed by atoms with E-state index in [2.05, 4.69) is 4.98 Å². The molecule has 1 aliphatic rings. The van der Waals surface area contributed by atoms with E-state index >= 15 is 0 Å². The molecule has 0 N–H and O–H groups in total. The molecule has 2 rings (SSSR count). The highest BCUT2D eigenvalue weighted by Crippen LogP contribution is 2.36. The molecule has 0 bridgehead atoms. The second-order valence-corrected chi connectivity index (χ2v) is 7.42. The van der Waals surface area contributed by atoms with Crippen LogP contribution in [0.3, 0.4) is 0 Å². The summed E-state index contributed by atoms with van der Waals surface area (Å²) in [4.78, 5) is 32.6. The normalized spacial score (nSPS) is 17.5. The highest BCUT2D eigenvalue weighted by Gasteiger charge is 2.33. The van der Waals surface area contributed by atoms with Crippen molar-refractivity contribution < 1.29 is 14.3 Å². The summed E-state index contributed by atoms with van der Waals surface area (Å²) < 4.78 is 5.57. The fraction of sp³-hybridized carbons (Fsp3) is 0.632. The standard InChI is InChI=1S/C19H29N3O3/c1-6-12-22(18(24)25-19(3,4)5)17-15(9-7-11-20-17)16-10-8-13-21(16)14(2)23/h7,9,11,16H,6,8,10,12-13H2,1-5H3. The maximum Gasteiger partial charge on any atom is 0.416 e. The third-order valence-electron chi connectivity index (χ3n) is 4.15. The number of carbonyl (C=O) groups is 2. The summed E-state index contributed by atoms with van der Waals surface area (Å²) in [5.74, 6) is 0.647. The lowest BCUT2D eigenvalue weighted by molar-refractivity contribution is -0.129. The van der Waals surface area contributed by atoms with Crippen LogP contribution in [0.2, 0.25) is 0 Å². The average Bonchev–Trinajstić information content (AvgIpc) is 3.00. The second kappa shape index (κ2) is 7.85. The number of nitrogens with zero attached hydrogens (tertiary/aromatic N) is 3. The van der Waals surface area contributed by atoms with E-state index in [0.717, 1.165) is 31.4 Å². The second-order valence-electron chi connectivity index (χ2n) is 7.42. The lowest BCUT2D eigenvalue weighted by Crippen LogP contribution is -2.39. The van der Waals surface area contributed by atoms with E-state index in [1.807, 2.05) is 44.7 Å². The van der Waals surface area contributed by atoms with Crippen LogP contribution in [0.4, 0.5) is 10.6 Å². The molecule has 6 nitrogen and oxygen atoms in total. The zero-order valence-corrected chi connectivity index (χ0v) is 15.9. The van der Waals surface area contributed by atoms with E-state index in [4.69, 9.17) is 4.74 Å². The molecule has 2 amide bonds. The number of pyridine rings is 1. The molecule has 1 atom stereocenters. The molecule has 0 aromatic carbocycles. The Morgan fingerprint density at radius 3 is 2.72 bits per heavy atom. The molecular formula is C19H29N3O3. The third kappa shape index (κ3) is 4.71. The number of carbonyl (C=O) groups excluding carboxylic acids is 2. The van der Waals surface area contributed by atoms with Crippen molar-refractivity contribution in [1.29, 1.82) is 0 Å². The van der Waals surface area contributed by atoms with E-state index in [0.29, 0.717) is 12.4 Å². The van der Waals surface area contributed by atoms with E-state index in [1.165, 1.54) is 0 Å². The number of aromatic nitrogens is 1. The van der Waals surface area contributed by atoms with Gasteiger partial charge in [-0.15, -0.1) is 0 Å². The van der Waals surface area contributed by atoms with Crippen molar-refractivity contribution in [3.05, 3.63) is 23.9 Å². The van der Waals surface area contributed by atoms with Crippen LogP contribution in [0.1, 0.15) is 65.5 Å². The number of anilines is 1. The summed E-state index contributed by atoms with van der Waals surface area (Å²) >= 11 is 0. The summed E-state index contributed by atoms with van der Waals surface area (Å²) in [6.45, 7) is 10.4. The van der Waals surface area contributed by atoms with Gasteiger partial charge in [-0.25, -0.2) is 9.78 Å². The van der Waals surface area contributed by atoms with Crippen molar-refractivity contribution in [3.63, 3.8) is 0 Å². The number of hydrogen-bond donors (Lipinski definition) is 0. The molecule has 1 saturated heterocycles. The quantitative estimate of drug-likeness (QED) is 0.828. The Bertz CT molecular complexity index is 625. The van der Waals surface area contributed by atoms with Gasteiger partial charge in [-0.1, -0.05) is 13.0 Å². The van der Waals surface area contributed by atoms with Gasteiger partial charge >= 0.3 is 6.09 Å². The van der Waals surface area contributed by atoms with Crippen LogP contribution in [-0.2, 0) is 9.53 Å². The number of ether oxygens (including phenoxy) is 1. The molecule has 2 heterocycles. The van der Waals surface area contributed by atoms with Crippen LogP contribution in [0.15, 0.2) is 18.3 Å². The van der Waals surface area contributed by atoms with Gasteiger partial charge in [-0.05, 0) is 46.1 Å². The first-order chi connectivity index (χ1) is 11.7. The van der Waals surface area contributed by atoms with Gasteiger partial charge in [0.15, 0.2) is 0 Å². The van der Waals surface area contributed by atoms with Crippen LogP contribution >= 0.6 is 0 Å². The van der Waals surface area contributed by atoms with Crippen molar-refractivity contribution in [2.24, 2.45) is 0 Å². The summed E-state index contributed by atoms with van der Waals surface area (Å²) in [6, 6.07) is 3.78. The van der Waals surface area contributed by atoms with Crippen molar-refractivity contribution >= 4 is 17.8 Å². The van der Waals surface area contributed by atoms with Crippen molar-refractivity contribution in [2.45, 2.75) is 65.5 Å². The monoisotopic (exact) mass is 347 g/mol. The number of rotatable bonds is 4. The summed E-state index contributed by atoms with van der Waals surface area (Å²) in [5.41, 5.74) is 0.339. The van der Waals surface area contributed by atoms with E-state index in [9.17, 15) is 9.59 Å². The van der Waals surface area contributed by atoms with Crippen molar-refractivity contribution in [1.82, 2.24) is 9.88 Å². The Kier molecular flexibility index (Phi) is 6.03. The molecule has 1 aliphatic heterocycles. The largest absolute Gasteiger partial charge is 0.443 e. The van der Waals surface area contributed by atoms with E-state index < -0.39 is 11.7 Å². The van der Waals surface area contributed by atoms with Crippen molar-refractivity contribution in [3.8, 4) is 0 Å². The molecule has 138 valence electrons. The molecular weight excluding hydrogens is 318 g/mol. The maximum absolute atomic E-state index is 12.7. The lowest BCUT2D eigenvalue weighted by Gasteiger charge is -2.30. The smallest absolute Gasteiger partial charge is 0.416 e. The molecule has 25 heavy (non-hydrogen) atoms. The minimum Gasteiger partial charge on any atom is -0.443 e. The van der Waals surface area contributed by atoms with Gasteiger partial charge in [0.1, 0.15) is 11.4 Å². The predicted octanol–water partition coefficient (Wildman–Crippen LogP) is 3.92. The first-order valence-electron chi connectivity index (χ1n) is 8.97. The summed E-state index contributed by atoms with van der Waals surface area (Å²) in [5, 5.41) is 0. The molecule has 0 radical (unpaired) electrons. The highest BCUT2D eigenvalue weighted by molar-refractivity contribution is 5.88. The lowest BCUT2D eigenvalue weighted by atomic mass is 10.0. The number of likely N-dealkylation sites (tertiary alicyclic amines) is 1. The molecule has 6 heteroatoms. The minimum atomic E-state index is -0.573. The molecule has 1 unspecified atom stereocenters. The Morgan fingerprint density at radius 1 is 1.40 bits per heavy atom. The van der Waals surface area contributed by atoms with Gasteiger partial charge in [0.05, 0.1) is 6.04 Å². The van der Waals surface area contributed by atoms with Crippen LogP contribution in [0.5, 0.6) is 0 Å². The van der Waals surface area contributed by atoms with Crippen molar-refractivity contribution in [2.75, 3.05) is 18.0 Å². The fourth-order valence-corrected chi connectivity index (χ4v) is 3.19. The highest BCUT2D eigenvalue weighted by atomic mass is 16.6. The van der Waals surface area contributed by atoms with Gasteiger partial charge in [0, 0.05) is 31.8 Å². The number of amides is 2. The molecule has 0 aliphatic carbocycles. The van der Waals surface area contributed by atoms with Crippen LogP contribution in [0.25, 0.3) is 0 Å². The zero-order chi connectivity index (χ0) is 18.6. The summed E-state index contributed by atoms with van der Waals surface area (Å²) in [7, 11) is 0. The van der Waals surface area contributed by atoms with Gasteiger partial charge < -0.3 is 9.64 Å². The molecule has 0 spiro atoms. The molecule has 1 aromatic heterocycles. The third-order valence-corrected chi connectivity index (χ3v) is 4.15. The van der Waals surface area contributed by atoms with Gasteiger partial charge in [-0.3, -0.25) is 9.69 Å². The molecule has 0 saturated carbocycles. The predicted molar refractivity (Wildman–Crippen MR) is 97.5 cm³/mol. The SMILES string of the molecule is CCCN(C(=O)OC(C)(C)C)c1ncccc1C1CCCN1C(C)=O. The molecule has 1 aromatic rings. The Balaban J connectivity index is 2.39. The van der Waals surface area contributed by atoms with E-state index in [-0.39, 0.29) is 11.9 Å². The van der Waals surface area contributed by atoms with Gasteiger partial charge in [0.2, 0.25) is 5.91 Å². The Hall–Kier alpha value is -2.11. The maximum atomic E-state index is 12.7.